The molecule has 0 bridgehead atoms. The highest BCUT2D eigenvalue weighted by molar-refractivity contribution is 9.10. The van der Waals surface area contributed by atoms with E-state index < -0.39 is 0 Å². The van der Waals surface area contributed by atoms with E-state index in [9.17, 15) is 0 Å². The van der Waals surface area contributed by atoms with Gasteiger partial charge in [0.25, 0.3) is 0 Å². The maximum atomic E-state index is 4.03. The van der Waals surface area contributed by atoms with E-state index in [1.807, 2.05) is 0 Å². The first kappa shape index (κ1) is 45.5. The number of H-pyrrole nitrogens is 1. The summed E-state index contributed by atoms with van der Waals surface area (Å²) in [5.74, 6) is 0.624. The van der Waals surface area contributed by atoms with Crippen LogP contribution in [-0.2, 0) is 19.6 Å². The van der Waals surface area contributed by atoms with Gasteiger partial charge in [-0.2, -0.15) is 5.21 Å². The number of halogens is 1. The minimum atomic E-state index is 0.501. The van der Waals surface area contributed by atoms with Crippen molar-refractivity contribution >= 4 is 21.6 Å². The fourth-order valence-electron chi connectivity index (χ4n) is 9.47. The molecule has 3 heterocycles. The molecule has 11 aromatic rings. The van der Waals surface area contributed by atoms with Crippen LogP contribution < -0.4 is 5.32 Å². The van der Waals surface area contributed by atoms with E-state index in [4.69, 9.17) is 0 Å². The summed E-state index contributed by atoms with van der Waals surface area (Å²) in [6.45, 7) is 6.69. The Morgan fingerprint density at radius 1 is 0.414 bits per heavy atom. The number of hydrogen-bond acceptors (Lipinski definition) is 4. The SMILES string of the molecule is CCn1c(-c2ccccc2-c2ccc(Br)cc2)cc(-c2ccccc2)c1-c1ccccc1.CCn1c(-c2ccccc2-c2cccc(NCc3nn[nH]n3)c2)cc(-c2ccccc2)c1-c1ccccc1. The van der Waals surface area contributed by atoms with Gasteiger partial charge in [-0.1, -0.05) is 215 Å². The Morgan fingerprint density at radius 3 is 1.29 bits per heavy atom. The van der Waals surface area contributed by atoms with Crippen LogP contribution in [0.25, 0.3) is 89.5 Å². The highest BCUT2D eigenvalue weighted by atomic mass is 79.9. The van der Waals surface area contributed by atoms with Crippen molar-refractivity contribution in [1.82, 2.24) is 29.8 Å². The Balaban J connectivity index is 0.000000165. The minimum Gasteiger partial charge on any atom is -0.378 e. The van der Waals surface area contributed by atoms with Crippen molar-refractivity contribution in [2.45, 2.75) is 33.5 Å². The average Bonchev–Trinajstić information content (AvgIpc) is 4.20. The van der Waals surface area contributed by atoms with Crippen LogP contribution in [0.15, 0.2) is 235 Å². The lowest BCUT2D eigenvalue weighted by atomic mass is 9.96. The summed E-state index contributed by atoms with van der Waals surface area (Å²) < 4.78 is 5.98. The molecular weight excluding hydrogens is 923 g/mol. The maximum absolute atomic E-state index is 4.03. The van der Waals surface area contributed by atoms with Gasteiger partial charge in [-0.05, 0) is 94.8 Å². The van der Waals surface area contributed by atoms with Gasteiger partial charge in [-0.15, -0.1) is 10.2 Å². The van der Waals surface area contributed by atoms with Crippen LogP contribution in [0.1, 0.15) is 19.7 Å². The number of tetrazole rings is 1. The molecule has 0 unspecified atom stereocenters. The van der Waals surface area contributed by atoms with Crippen molar-refractivity contribution in [3.8, 4) is 89.5 Å². The van der Waals surface area contributed by atoms with E-state index in [2.05, 4.69) is 295 Å². The van der Waals surface area contributed by atoms with Gasteiger partial charge in [0.15, 0.2) is 5.82 Å². The van der Waals surface area contributed by atoms with Crippen LogP contribution in [0.2, 0.25) is 0 Å². The molecule has 0 amide bonds. The normalized spacial score (nSPS) is 11.0. The molecule has 70 heavy (non-hydrogen) atoms. The van der Waals surface area contributed by atoms with E-state index >= 15 is 0 Å². The zero-order valence-electron chi connectivity index (χ0n) is 39.2. The van der Waals surface area contributed by atoms with Crippen molar-refractivity contribution in [1.29, 1.82) is 0 Å². The Hall–Kier alpha value is -8.33. The van der Waals surface area contributed by atoms with Crippen molar-refractivity contribution in [3.05, 3.63) is 241 Å². The van der Waals surface area contributed by atoms with Crippen LogP contribution in [0.3, 0.4) is 0 Å². The summed E-state index contributed by atoms with van der Waals surface area (Å²) in [7, 11) is 0. The molecule has 8 heteroatoms. The minimum absolute atomic E-state index is 0.501. The fraction of sp³-hybridized carbons (Fsp3) is 0.0806. The fourth-order valence-corrected chi connectivity index (χ4v) is 9.74. The Kier molecular flexibility index (Phi) is 13.8. The van der Waals surface area contributed by atoms with Crippen LogP contribution in [0.4, 0.5) is 5.69 Å². The van der Waals surface area contributed by atoms with Gasteiger partial charge in [0, 0.05) is 56.9 Å². The van der Waals surface area contributed by atoms with Crippen molar-refractivity contribution in [2.24, 2.45) is 0 Å². The van der Waals surface area contributed by atoms with Crippen LogP contribution >= 0.6 is 15.9 Å². The second-order valence-corrected chi connectivity index (χ2v) is 17.8. The summed E-state index contributed by atoms with van der Waals surface area (Å²) in [5, 5.41) is 17.6. The molecule has 0 atom stereocenters. The molecule has 0 spiro atoms. The Labute approximate surface area is 418 Å². The molecule has 7 nitrogen and oxygen atoms in total. The Bertz CT molecular complexity index is 3440. The van der Waals surface area contributed by atoms with Gasteiger partial charge in [0.2, 0.25) is 0 Å². The molecule has 0 saturated carbocycles. The maximum Gasteiger partial charge on any atom is 0.193 e. The van der Waals surface area contributed by atoms with Crippen LogP contribution in [-0.4, -0.2) is 29.8 Å². The summed E-state index contributed by atoms with van der Waals surface area (Å²) in [5.41, 5.74) is 20.6. The summed E-state index contributed by atoms with van der Waals surface area (Å²) in [6, 6.07) is 81.9. The third kappa shape index (κ3) is 9.68. The molecule has 3 aromatic heterocycles. The van der Waals surface area contributed by atoms with E-state index in [1.165, 1.54) is 84.0 Å². The lowest BCUT2D eigenvalue weighted by Gasteiger charge is -2.16. The molecular formula is C62H52BrN7. The molecule has 0 fully saturated rings. The van der Waals surface area contributed by atoms with Crippen molar-refractivity contribution in [2.75, 3.05) is 5.32 Å². The quantitative estimate of drug-likeness (QED) is 0.121. The number of aromatic nitrogens is 6. The van der Waals surface area contributed by atoms with Gasteiger partial charge >= 0.3 is 0 Å². The lowest BCUT2D eigenvalue weighted by molar-refractivity contribution is 0.785. The number of nitrogens with zero attached hydrogens (tertiary/aromatic N) is 5. The summed E-state index contributed by atoms with van der Waals surface area (Å²) in [4.78, 5) is 0. The first-order valence-corrected chi connectivity index (χ1v) is 24.6. The monoisotopic (exact) mass is 973 g/mol. The first-order valence-electron chi connectivity index (χ1n) is 23.8. The number of nitrogens with one attached hydrogen (secondary N) is 2. The molecule has 342 valence electrons. The third-order valence-corrected chi connectivity index (χ3v) is 13.2. The zero-order valence-corrected chi connectivity index (χ0v) is 40.8. The van der Waals surface area contributed by atoms with Gasteiger partial charge < -0.3 is 14.5 Å². The number of anilines is 1. The van der Waals surface area contributed by atoms with Crippen LogP contribution in [0.5, 0.6) is 0 Å². The third-order valence-electron chi connectivity index (χ3n) is 12.7. The summed E-state index contributed by atoms with van der Waals surface area (Å²) in [6.07, 6.45) is 0. The van der Waals surface area contributed by atoms with E-state index in [-0.39, 0.29) is 0 Å². The zero-order chi connectivity index (χ0) is 47.7. The molecule has 0 saturated heterocycles. The Morgan fingerprint density at radius 2 is 0.829 bits per heavy atom. The lowest BCUT2D eigenvalue weighted by Crippen LogP contribution is -2.02. The molecule has 0 radical (unpaired) electrons. The molecule has 0 aliphatic heterocycles. The molecule has 8 aromatic carbocycles. The standard InChI is InChI=1S/C32H28N6.C30H24BrN/c1-2-38-30(21-29(23-12-5-3-6-13-23)32(38)24-14-7-4-8-15-24)28-19-10-9-18-27(28)25-16-11-17-26(20-25)33-22-31-34-36-37-35-31;1-2-32-29(27-16-10-9-15-26(27)23-17-19-25(31)20-18-23)21-28(22-11-5-3-6-12-22)30(32)24-13-7-4-8-14-24/h3-21,33H,2,22H2,1H3,(H,34,35,36,37);3-21H,2H2,1H3. The highest BCUT2D eigenvalue weighted by Crippen LogP contribution is 2.44. The van der Waals surface area contributed by atoms with Gasteiger partial charge in [0.05, 0.1) is 17.9 Å². The number of hydrogen-bond donors (Lipinski definition) is 2. The van der Waals surface area contributed by atoms with Gasteiger partial charge in [0.1, 0.15) is 0 Å². The van der Waals surface area contributed by atoms with E-state index in [0.717, 1.165) is 28.8 Å². The molecule has 2 N–H and O–H groups in total. The van der Waals surface area contributed by atoms with Crippen molar-refractivity contribution < 1.29 is 0 Å². The first-order chi connectivity index (χ1) is 34.6. The topological polar surface area (TPSA) is 76.3 Å². The molecule has 0 aliphatic carbocycles. The number of aromatic amines is 1. The summed E-state index contributed by atoms with van der Waals surface area (Å²) >= 11 is 3.56. The number of rotatable bonds is 13. The average molecular weight is 975 g/mol. The predicted octanol–water partition coefficient (Wildman–Crippen LogP) is 16.2. The van der Waals surface area contributed by atoms with E-state index in [0.29, 0.717) is 12.4 Å². The molecule has 0 aliphatic rings. The highest BCUT2D eigenvalue weighted by Gasteiger charge is 2.22. The van der Waals surface area contributed by atoms with Crippen LogP contribution in [0, 0.1) is 0 Å². The molecule has 11 rings (SSSR count). The van der Waals surface area contributed by atoms with Gasteiger partial charge in [-0.3, -0.25) is 0 Å². The van der Waals surface area contributed by atoms with Crippen molar-refractivity contribution in [3.63, 3.8) is 0 Å². The smallest absolute Gasteiger partial charge is 0.193 e. The second kappa shape index (κ2) is 21.3. The largest absolute Gasteiger partial charge is 0.378 e. The number of benzene rings is 8. The van der Waals surface area contributed by atoms with E-state index in [1.54, 1.807) is 0 Å². The predicted molar refractivity (Wildman–Crippen MR) is 293 cm³/mol. The van der Waals surface area contributed by atoms with Gasteiger partial charge in [-0.25, -0.2) is 0 Å². The second-order valence-electron chi connectivity index (χ2n) is 16.9.